The number of thiophene rings is 1. The van der Waals surface area contributed by atoms with Crippen LogP contribution in [0.3, 0.4) is 0 Å². The molecule has 0 radical (unpaired) electrons. The SMILES string of the molecule is CC(C)(C)C(O)CNC(=O)c1csc(-c2cccs2)n1. The molecule has 0 bridgehead atoms. The molecule has 4 nitrogen and oxygen atoms in total. The highest BCUT2D eigenvalue weighted by Crippen LogP contribution is 2.27. The van der Waals surface area contributed by atoms with Crippen LogP contribution in [0, 0.1) is 5.41 Å². The summed E-state index contributed by atoms with van der Waals surface area (Å²) in [5.41, 5.74) is 0.150. The minimum atomic E-state index is -0.582. The summed E-state index contributed by atoms with van der Waals surface area (Å²) in [5.74, 6) is -0.243. The standard InChI is InChI=1S/C14H18N2O2S2/c1-14(2,3)11(17)7-15-12(18)9-8-20-13(16-9)10-5-4-6-19-10/h4-6,8,11,17H,7H2,1-3H3,(H,15,18). The van der Waals surface area contributed by atoms with Crippen LogP contribution in [0.25, 0.3) is 9.88 Å². The molecule has 20 heavy (non-hydrogen) atoms. The van der Waals surface area contributed by atoms with E-state index in [9.17, 15) is 9.90 Å². The largest absolute Gasteiger partial charge is 0.391 e. The van der Waals surface area contributed by atoms with Crippen LogP contribution >= 0.6 is 22.7 Å². The van der Waals surface area contributed by atoms with Crippen LogP contribution in [0.2, 0.25) is 0 Å². The fourth-order valence-electron chi connectivity index (χ4n) is 1.48. The quantitative estimate of drug-likeness (QED) is 0.912. The average molecular weight is 310 g/mol. The van der Waals surface area contributed by atoms with E-state index in [-0.39, 0.29) is 17.9 Å². The zero-order valence-electron chi connectivity index (χ0n) is 11.7. The maximum Gasteiger partial charge on any atom is 0.270 e. The number of thiazole rings is 1. The van der Waals surface area contributed by atoms with Crippen molar-refractivity contribution in [1.29, 1.82) is 0 Å². The molecule has 0 aliphatic heterocycles. The summed E-state index contributed by atoms with van der Waals surface area (Å²) < 4.78 is 0. The third-order valence-electron chi connectivity index (χ3n) is 2.92. The molecule has 2 aromatic heterocycles. The van der Waals surface area contributed by atoms with Gasteiger partial charge in [0.05, 0.1) is 11.0 Å². The molecule has 1 unspecified atom stereocenters. The number of carbonyl (C=O) groups is 1. The van der Waals surface area contributed by atoms with Gasteiger partial charge in [0, 0.05) is 11.9 Å². The lowest BCUT2D eigenvalue weighted by molar-refractivity contribution is 0.0585. The number of aliphatic hydroxyl groups is 1. The van der Waals surface area contributed by atoms with Crippen molar-refractivity contribution in [3.63, 3.8) is 0 Å². The first-order valence-electron chi connectivity index (χ1n) is 6.33. The van der Waals surface area contributed by atoms with E-state index in [4.69, 9.17) is 0 Å². The summed E-state index contributed by atoms with van der Waals surface area (Å²) in [6.45, 7) is 6.03. The van der Waals surface area contributed by atoms with E-state index >= 15 is 0 Å². The van der Waals surface area contributed by atoms with Gasteiger partial charge >= 0.3 is 0 Å². The summed E-state index contributed by atoms with van der Waals surface area (Å²) in [7, 11) is 0. The van der Waals surface area contributed by atoms with Crippen molar-refractivity contribution in [2.75, 3.05) is 6.54 Å². The van der Waals surface area contributed by atoms with Gasteiger partial charge in [-0.15, -0.1) is 22.7 Å². The van der Waals surface area contributed by atoms with E-state index in [1.165, 1.54) is 11.3 Å². The monoisotopic (exact) mass is 310 g/mol. The molecule has 2 heterocycles. The molecular formula is C14H18N2O2S2. The average Bonchev–Trinajstić information content (AvgIpc) is 3.03. The Labute approximate surface area is 126 Å². The Balaban J connectivity index is 1.97. The van der Waals surface area contributed by atoms with E-state index in [1.54, 1.807) is 16.7 Å². The van der Waals surface area contributed by atoms with Gasteiger partial charge in [-0.2, -0.15) is 0 Å². The molecule has 0 aliphatic carbocycles. The second-order valence-corrected chi connectivity index (χ2v) is 7.41. The van der Waals surface area contributed by atoms with E-state index in [1.807, 2.05) is 38.3 Å². The molecule has 1 amide bonds. The summed E-state index contributed by atoms with van der Waals surface area (Å²) in [6.07, 6.45) is -0.582. The van der Waals surface area contributed by atoms with Gasteiger partial charge in [-0.1, -0.05) is 26.8 Å². The smallest absolute Gasteiger partial charge is 0.270 e. The number of amides is 1. The van der Waals surface area contributed by atoms with Crippen molar-refractivity contribution in [2.24, 2.45) is 5.41 Å². The van der Waals surface area contributed by atoms with Gasteiger partial charge in [0.2, 0.25) is 0 Å². The number of hydrogen-bond donors (Lipinski definition) is 2. The highest BCUT2D eigenvalue weighted by Gasteiger charge is 2.23. The van der Waals surface area contributed by atoms with E-state index in [2.05, 4.69) is 10.3 Å². The second-order valence-electron chi connectivity index (χ2n) is 5.61. The van der Waals surface area contributed by atoms with Crippen molar-refractivity contribution < 1.29 is 9.90 Å². The first-order chi connectivity index (χ1) is 9.38. The predicted octanol–water partition coefficient (Wildman–Crippen LogP) is 3.01. The Bertz CT molecular complexity index is 570. The summed E-state index contributed by atoms with van der Waals surface area (Å²) in [6, 6.07) is 3.94. The van der Waals surface area contributed by atoms with Gasteiger partial charge in [0.15, 0.2) is 0 Å². The van der Waals surface area contributed by atoms with Gasteiger partial charge in [-0.25, -0.2) is 4.98 Å². The summed E-state index contributed by atoms with van der Waals surface area (Å²) in [5, 5.41) is 17.2. The number of rotatable bonds is 4. The van der Waals surface area contributed by atoms with Crippen LogP contribution in [0.1, 0.15) is 31.3 Å². The highest BCUT2D eigenvalue weighted by molar-refractivity contribution is 7.20. The first-order valence-corrected chi connectivity index (χ1v) is 8.09. The van der Waals surface area contributed by atoms with Crippen LogP contribution < -0.4 is 5.32 Å². The molecule has 2 rings (SSSR count). The maximum atomic E-state index is 12.0. The second kappa shape index (κ2) is 6.03. The number of aromatic nitrogens is 1. The minimum Gasteiger partial charge on any atom is -0.391 e. The molecule has 0 fully saturated rings. The Hall–Kier alpha value is -1.24. The molecular weight excluding hydrogens is 292 g/mol. The van der Waals surface area contributed by atoms with Crippen molar-refractivity contribution in [2.45, 2.75) is 26.9 Å². The molecule has 0 aromatic carbocycles. The lowest BCUT2D eigenvalue weighted by Gasteiger charge is -2.25. The van der Waals surface area contributed by atoms with Crippen molar-refractivity contribution >= 4 is 28.6 Å². The fraction of sp³-hybridized carbons (Fsp3) is 0.429. The van der Waals surface area contributed by atoms with Gasteiger partial charge in [-0.05, 0) is 16.9 Å². The minimum absolute atomic E-state index is 0.230. The molecule has 1 atom stereocenters. The van der Waals surface area contributed by atoms with E-state index in [0.29, 0.717) is 5.69 Å². The van der Waals surface area contributed by atoms with Gasteiger partial charge in [0.1, 0.15) is 10.7 Å². The molecule has 2 N–H and O–H groups in total. The number of carbonyl (C=O) groups excluding carboxylic acids is 1. The molecule has 0 saturated carbocycles. The third kappa shape index (κ3) is 3.65. The van der Waals surface area contributed by atoms with Gasteiger partial charge in [0.25, 0.3) is 5.91 Å². The normalized spacial score (nSPS) is 13.2. The Kier molecular flexibility index (Phi) is 4.57. The molecule has 6 heteroatoms. The number of nitrogens with one attached hydrogen (secondary N) is 1. The topological polar surface area (TPSA) is 62.2 Å². The number of nitrogens with zero attached hydrogens (tertiary/aromatic N) is 1. The zero-order valence-corrected chi connectivity index (χ0v) is 13.3. The van der Waals surface area contributed by atoms with Crippen molar-refractivity contribution in [3.8, 4) is 9.88 Å². The number of hydrogen-bond acceptors (Lipinski definition) is 5. The first kappa shape index (κ1) is 15.2. The molecule has 0 aliphatic rings. The highest BCUT2D eigenvalue weighted by atomic mass is 32.1. The molecule has 108 valence electrons. The molecule has 0 saturated heterocycles. The van der Waals surface area contributed by atoms with Gasteiger partial charge in [-0.3, -0.25) is 4.79 Å². The number of aliphatic hydroxyl groups excluding tert-OH is 1. The van der Waals surface area contributed by atoms with Crippen LogP contribution in [0.5, 0.6) is 0 Å². The Morgan fingerprint density at radius 2 is 2.20 bits per heavy atom. The summed E-state index contributed by atoms with van der Waals surface area (Å²) in [4.78, 5) is 17.4. The van der Waals surface area contributed by atoms with Crippen molar-refractivity contribution in [1.82, 2.24) is 10.3 Å². The molecule has 0 spiro atoms. The predicted molar refractivity (Wildman–Crippen MR) is 83.2 cm³/mol. The Morgan fingerprint density at radius 1 is 1.45 bits per heavy atom. The zero-order chi connectivity index (χ0) is 14.8. The van der Waals surface area contributed by atoms with Crippen LogP contribution in [0.4, 0.5) is 0 Å². The molecule has 2 aromatic rings. The van der Waals surface area contributed by atoms with Crippen LogP contribution in [0.15, 0.2) is 22.9 Å². The lowest BCUT2D eigenvalue weighted by Crippen LogP contribution is -2.39. The van der Waals surface area contributed by atoms with Crippen LogP contribution in [-0.4, -0.2) is 28.6 Å². The van der Waals surface area contributed by atoms with Gasteiger partial charge < -0.3 is 10.4 Å². The Morgan fingerprint density at radius 3 is 2.80 bits per heavy atom. The fourth-order valence-corrected chi connectivity index (χ4v) is 3.09. The van der Waals surface area contributed by atoms with Crippen molar-refractivity contribution in [3.05, 3.63) is 28.6 Å². The van der Waals surface area contributed by atoms with E-state index in [0.717, 1.165) is 9.88 Å². The summed E-state index contributed by atoms with van der Waals surface area (Å²) >= 11 is 3.05. The van der Waals surface area contributed by atoms with Crippen LogP contribution in [-0.2, 0) is 0 Å². The van der Waals surface area contributed by atoms with E-state index < -0.39 is 6.10 Å². The third-order valence-corrected chi connectivity index (χ3v) is 4.81. The maximum absolute atomic E-state index is 12.0. The lowest BCUT2D eigenvalue weighted by atomic mass is 9.89.